The second-order valence-corrected chi connectivity index (χ2v) is 10.1. The standard InChI is InChI=1S/C29H31N3O6/c1-19(33)38-23-10-5-7-20(17-23)26(34)30-13-6-14-31(16-15-30)27(35)21-11-12-24-25(18-21)29(37)32(28(24)36)22-8-3-2-4-9-22/h5,7,10-12,17-18,22H,2-4,6,8-9,13-16H2,1H3. The van der Waals surface area contributed by atoms with E-state index in [2.05, 4.69) is 0 Å². The zero-order chi connectivity index (χ0) is 26.8. The monoisotopic (exact) mass is 517 g/mol. The van der Waals surface area contributed by atoms with Crippen LogP contribution in [-0.2, 0) is 4.79 Å². The van der Waals surface area contributed by atoms with Crippen molar-refractivity contribution in [2.45, 2.75) is 51.5 Å². The van der Waals surface area contributed by atoms with Crippen LogP contribution in [0.3, 0.4) is 0 Å². The molecule has 2 heterocycles. The molecule has 3 aliphatic rings. The lowest BCUT2D eigenvalue weighted by atomic mass is 9.94. The predicted octanol–water partition coefficient (Wildman–Crippen LogP) is 3.53. The molecule has 0 radical (unpaired) electrons. The highest BCUT2D eigenvalue weighted by molar-refractivity contribution is 6.22. The molecule has 5 rings (SSSR count). The van der Waals surface area contributed by atoms with Gasteiger partial charge in [0.15, 0.2) is 0 Å². The van der Waals surface area contributed by atoms with Crippen LogP contribution >= 0.6 is 0 Å². The molecule has 0 unspecified atom stereocenters. The van der Waals surface area contributed by atoms with Gasteiger partial charge < -0.3 is 14.5 Å². The number of nitrogens with zero attached hydrogens (tertiary/aromatic N) is 3. The third-order valence-electron chi connectivity index (χ3n) is 7.52. The van der Waals surface area contributed by atoms with Gasteiger partial charge in [-0.05, 0) is 55.7 Å². The van der Waals surface area contributed by atoms with Gasteiger partial charge in [0, 0.05) is 50.3 Å². The molecular formula is C29H31N3O6. The number of amides is 4. The van der Waals surface area contributed by atoms with Crippen molar-refractivity contribution in [2.24, 2.45) is 0 Å². The number of hydrogen-bond donors (Lipinski definition) is 0. The Morgan fingerprint density at radius 1 is 0.737 bits per heavy atom. The average Bonchev–Trinajstić information content (AvgIpc) is 3.06. The molecule has 1 saturated carbocycles. The summed E-state index contributed by atoms with van der Waals surface area (Å²) < 4.78 is 5.09. The van der Waals surface area contributed by atoms with E-state index >= 15 is 0 Å². The molecule has 198 valence electrons. The smallest absolute Gasteiger partial charge is 0.308 e. The molecule has 9 nitrogen and oxygen atoms in total. The second-order valence-electron chi connectivity index (χ2n) is 10.1. The lowest BCUT2D eigenvalue weighted by molar-refractivity contribution is -0.131. The number of esters is 1. The Kier molecular flexibility index (Phi) is 7.26. The Bertz CT molecular complexity index is 1300. The predicted molar refractivity (Wildman–Crippen MR) is 138 cm³/mol. The minimum atomic E-state index is -0.460. The maximum absolute atomic E-state index is 13.4. The molecule has 1 saturated heterocycles. The summed E-state index contributed by atoms with van der Waals surface area (Å²) in [4.78, 5) is 68.6. The SMILES string of the molecule is CC(=O)Oc1cccc(C(=O)N2CCCN(C(=O)c3ccc4c(c3)C(=O)N(C3CCCCC3)C4=O)CC2)c1. The summed E-state index contributed by atoms with van der Waals surface area (Å²) in [6, 6.07) is 11.2. The van der Waals surface area contributed by atoms with Crippen molar-refractivity contribution >= 4 is 29.6 Å². The van der Waals surface area contributed by atoms with Gasteiger partial charge in [-0.15, -0.1) is 0 Å². The van der Waals surface area contributed by atoms with Crippen LogP contribution in [0.25, 0.3) is 0 Å². The van der Waals surface area contributed by atoms with Crippen molar-refractivity contribution in [3.63, 3.8) is 0 Å². The lowest BCUT2D eigenvalue weighted by Crippen LogP contribution is -2.40. The molecular weight excluding hydrogens is 486 g/mol. The largest absolute Gasteiger partial charge is 0.427 e. The summed E-state index contributed by atoms with van der Waals surface area (Å²) in [6.07, 6.45) is 5.39. The highest BCUT2D eigenvalue weighted by Gasteiger charge is 2.40. The third-order valence-corrected chi connectivity index (χ3v) is 7.52. The highest BCUT2D eigenvalue weighted by atomic mass is 16.5. The molecule has 9 heteroatoms. The van der Waals surface area contributed by atoms with Crippen molar-refractivity contribution in [2.75, 3.05) is 26.2 Å². The third kappa shape index (κ3) is 5.05. The molecule has 4 amide bonds. The van der Waals surface area contributed by atoms with Crippen LogP contribution in [0, 0.1) is 0 Å². The summed E-state index contributed by atoms with van der Waals surface area (Å²) in [5.41, 5.74) is 1.43. The number of fused-ring (bicyclic) bond motifs is 1. The van der Waals surface area contributed by atoms with Crippen molar-refractivity contribution in [1.82, 2.24) is 14.7 Å². The minimum absolute atomic E-state index is 0.0702. The number of benzene rings is 2. The molecule has 0 spiro atoms. The fourth-order valence-electron chi connectivity index (χ4n) is 5.61. The molecule has 0 atom stereocenters. The topological polar surface area (TPSA) is 104 Å². The normalized spacial score (nSPS) is 18.3. The van der Waals surface area contributed by atoms with Crippen LogP contribution in [0.15, 0.2) is 42.5 Å². The number of carbonyl (C=O) groups excluding carboxylic acids is 5. The van der Waals surface area contributed by atoms with Crippen LogP contribution in [0.1, 0.15) is 86.9 Å². The van der Waals surface area contributed by atoms with Gasteiger partial charge >= 0.3 is 5.97 Å². The maximum Gasteiger partial charge on any atom is 0.308 e. The van der Waals surface area contributed by atoms with E-state index in [1.807, 2.05) is 0 Å². The minimum Gasteiger partial charge on any atom is -0.427 e. The van der Waals surface area contributed by atoms with Crippen molar-refractivity contribution < 1.29 is 28.7 Å². The first kappa shape index (κ1) is 25.6. The molecule has 2 aromatic carbocycles. The molecule has 0 bridgehead atoms. The van der Waals surface area contributed by atoms with Gasteiger partial charge in [0.1, 0.15) is 5.75 Å². The quantitative estimate of drug-likeness (QED) is 0.349. The van der Waals surface area contributed by atoms with Crippen LogP contribution in [0.2, 0.25) is 0 Å². The molecule has 2 aromatic rings. The number of imide groups is 1. The van der Waals surface area contributed by atoms with E-state index in [4.69, 9.17) is 4.74 Å². The highest BCUT2D eigenvalue weighted by Crippen LogP contribution is 2.31. The average molecular weight is 518 g/mol. The Morgan fingerprint density at radius 2 is 1.37 bits per heavy atom. The van der Waals surface area contributed by atoms with Gasteiger partial charge in [0.2, 0.25) is 0 Å². The molecule has 0 aromatic heterocycles. The summed E-state index contributed by atoms with van der Waals surface area (Å²) in [5.74, 6) is -1.15. The first-order valence-corrected chi connectivity index (χ1v) is 13.2. The van der Waals surface area contributed by atoms with E-state index in [9.17, 15) is 24.0 Å². The van der Waals surface area contributed by atoms with Crippen molar-refractivity contribution in [3.8, 4) is 5.75 Å². The van der Waals surface area contributed by atoms with Gasteiger partial charge in [-0.2, -0.15) is 0 Å². The van der Waals surface area contributed by atoms with E-state index in [-0.39, 0.29) is 29.7 Å². The van der Waals surface area contributed by atoms with Crippen LogP contribution < -0.4 is 4.74 Å². The fraction of sp³-hybridized carbons (Fsp3) is 0.414. The first-order valence-electron chi connectivity index (χ1n) is 13.2. The molecule has 0 N–H and O–H groups in total. The van der Waals surface area contributed by atoms with E-state index < -0.39 is 5.97 Å². The van der Waals surface area contributed by atoms with E-state index in [1.54, 1.807) is 46.2 Å². The van der Waals surface area contributed by atoms with Gasteiger partial charge in [-0.25, -0.2) is 0 Å². The summed E-state index contributed by atoms with van der Waals surface area (Å²) in [5, 5.41) is 0. The number of carbonyl (C=O) groups is 5. The van der Waals surface area contributed by atoms with E-state index in [0.29, 0.717) is 60.6 Å². The molecule has 2 fully saturated rings. The van der Waals surface area contributed by atoms with Gasteiger partial charge in [-0.1, -0.05) is 25.3 Å². The van der Waals surface area contributed by atoms with Gasteiger partial charge in [0.25, 0.3) is 23.6 Å². The Morgan fingerprint density at radius 3 is 2.03 bits per heavy atom. The Hall–Kier alpha value is -4.01. The van der Waals surface area contributed by atoms with Crippen LogP contribution in [-0.4, -0.2) is 76.5 Å². The van der Waals surface area contributed by atoms with Crippen molar-refractivity contribution in [3.05, 3.63) is 64.7 Å². The lowest BCUT2D eigenvalue weighted by Gasteiger charge is -2.29. The molecule has 2 aliphatic heterocycles. The van der Waals surface area contributed by atoms with Crippen molar-refractivity contribution in [1.29, 1.82) is 0 Å². The fourth-order valence-corrected chi connectivity index (χ4v) is 5.61. The Balaban J connectivity index is 1.26. The zero-order valence-electron chi connectivity index (χ0n) is 21.5. The second kappa shape index (κ2) is 10.8. The Labute approximate surface area is 221 Å². The summed E-state index contributed by atoms with van der Waals surface area (Å²) >= 11 is 0. The van der Waals surface area contributed by atoms with Gasteiger partial charge in [0.05, 0.1) is 11.1 Å². The number of rotatable bonds is 4. The van der Waals surface area contributed by atoms with Crippen LogP contribution in [0.5, 0.6) is 5.75 Å². The van der Waals surface area contributed by atoms with E-state index in [1.165, 1.54) is 17.9 Å². The first-order chi connectivity index (χ1) is 18.3. The summed E-state index contributed by atoms with van der Waals surface area (Å²) in [7, 11) is 0. The maximum atomic E-state index is 13.4. The molecule has 38 heavy (non-hydrogen) atoms. The van der Waals surface area contributed by atoms with Gasteiger partial charge in [-0.3, -0.25) is 28.9 Å². The summed E-state index contributed by atoms with van der Waals surface area (Å²) in [6.45, 7) is 2.94. The molecule has 1 aliphatic carbocycles. The van der Waals surface area contributed by atoms with E-state index in [0.717, 1.165) is 32.1 Å². The van der Waals surface area contributed by atoms with Crippen LogP contribution in [0.4, 0.5) is 0 Å². The number of hydrogen-bond acceptors (Lipinski definition) is 6. The zero-order valence-corrected chi connectivity index (χ0v) is 21.5. The number of ether oxygens (including phenoxy) is 1.